The summed E-state index contributed by atoms with van der Waals surface area (Å²) in [5.74, 6) is -0.00387. The van der Waals surface area contributed by atoms with Gasteiger partial charge in [-0.2, -0.15) is 0 Å². The second kappa shape index (κ2) is 5.16. The van der Waals surface area contributed by atoms with Crippen molar-refractivity contribution in [1.82, 2.24) is 4.98 Å². The molecule has 1 aliphatic carbocycles. The third-order valence-electron chi connectivity index (χ3n) is 4.80. The van der Waals surface area contributed by atoms with Crippen LogP contribution < -0.4 is 5.32 Å². The molecule has 0 unspecified atom stereocenters. The Labute approximate surface area is 130 Å². The predicted octanol–water partition coefficient (Wildman–Crippen LogP) is 3.95. The maximum absolute atomic E-state index is 12.3. The van der Waals surface area contributed by atoms with E-state index in [1.165, 1.54) is 36.1 Å². The summed E-state index contributed by atoms with van der Waals surface area (Å²) >= 11 is 0. The molecular weight excluding hydrogens is 272 g/mol. The normalized spacial score (nSPS) is 18.2. The highest BCUT2D eigenvalue weighted by atomic mass is 16.2. The van der Waals surface area contributed by atoms with Gasteiger partial charge in [0.1, 0.15) is 0 Å². The molecule has 1 aromatic heterocycles. The molecule has 22 heavy (non-hydrogen) atoms. The van der Waals surface area contributed by atoms with E-state index in [9.17, 15) is 4.79 Å². The smallest absolute Gasteiger partial charge is 0.256 e. The minimum Gasteiger partial charge on any atom is -0.358 e. The Morgan fingerprint density at radius 3 is 2.86 bits per heavy atom. The number of rotatable bonds is 2. The Morgan fingerprint density at radius 1 is 1.18 bits per heavy atom. The number of carbonyl (C=O) groups is 1. The number of hydrogen-bond donors (Lipinski definition) is 2. The summed E-state index contributed by atoms with van der Waals surface area (Å²) in [6, 6.07) is 7.89. The Balaban J connectivity index is 1.83. The Hall–Kier alpha value is -2.29. The van der Waals surface area contributed by atoms with Crippen LogP contribution in [0, 0.1) is 0 Å². The van der Waals surface area contributed by atoms with Crippen molar-refractivity contribution < 1.29 is 4.79 Å². The van der Waals surface area contributed by atoms with E-state index in [1.54, 1.807) is 0 Å². The Morgan fingerprint density at radius 2 is 2.00 bits per heavy atom. The maximum Gasteiger partial charge on any atom is 0.256 e. The van der Waals surface area contributed by atoms with E-state index in [1.807, 2.05) is 30.3 Å². The summed E-state index contributed by atoms with van der Waals surface area (Å²) in [5, 5.41) is 2.95. The molecule has 2 aliphatic rings. The van der Waals surface area contributed by atoms with Gasteiger partial charge in [0.25, 0.3) is 5.91 Å². The number of aryl methyl sites for hydroxylation is 1. The van der Waals surface area contributed by atoms with Gasteiger partial charge in [0.15, 0.2) is 0 Å². The fourth-order valence-corrected chi connectivity index (χ4v) is 3.73. The van der Waals surface area contributed by atoms with E-state index >= 15 is 0 Å². The minimum atomic E-state index is -0.00387. The zero-order valence-electron chi connectivity index (χ0n) is 12.8. The third-order valence-corrected chi connectivity index (χ3v) is 4.80. The fourth-order valence-electron chi connectivity index (χ4n) is 3.73. The molecule has 3 nitrogen and oxygen atoms in total. The molecule has 4 rings (SSSR count). The molecule has 2 heterocycles. The van der Waals surface area contributed by atoms with E-state index in [0.29, 0.717) is 0 Å². The number of H-pyrrole nitrogens is 1. The molecule has 1 aliphatic heterocycles. The first-order valence-electron chi connectivity index (χ1n) is 8.13. The quantitative estimate of drug-likeness (QED) is 0.809. The molecule has 0 saturated heterocycles. The SMILES string of the molecule is CCc1c(C=C2C(=O)Nc3ccccc32)[nH]c2c1CCCC2. The van der Waals surface area contributed by atoms with E-state index in [-0.39, 0.29) is 5.91 Å². The minimum absolute atomic E-state index is 0.00387. The van der Waals surface area contributed by atoms with E-state index < -0.39 is 0 Å². The molecule has 0 radical (unpaired) electrons. The summed E-state index contributed by atoms with van der Waals surface area (Å²) in [7, 11) is 0. The van der Waals surface area contributed by atoms with Crippen LogP contribution in [-0.2, 0) is 24.1 Å². The van der Waals surface area contributed by atoms with Crippen molar-refractivity contribution in [2.24, 2.45) is 0 Å². The highest BCUT2D eigenvalue weighted by Gasteiger charge is 2.25. The van der Waals surface area contributed by atoms with Gasteiger partial charge in [-0.05, 0) is 55.4 Å². The van der Waals surface area contributed by atoms with Crippen LogP contribution in [0.4, 0.5) is 5.69 Å². The van der Waals surface area contributed by atoms with Gasteiger partial charge in [0.2, 0.25) is 0 Å². The average Bonchev–Trinajstić information content (AvgIpc) is 3.05. The molecular formula is C19H20N2O. The van der Waals surface area contributed by atoms with E-state index in [4.69, 9.17) is 0 Å². The van der Waals surface area contributed by atoms with Gasteiger partial charge in [0, 0.05) is 22.6 Å². The molecule has 0 spiro atoms. The predicted molar refractivity (Wildman–Crippen MR) is 89.8 cm³/mol. The monoisotopic (exact) mass is 292 g/mol. The van der Waals surface area contributed by atoms with Gasteiger partial charge in [0.05, 0.1) is 5.57 Å². The van der Waals surface area contributed by atoms with Crippen molar-refractivity contribution in [2.75, 3.05) is 5.32 Å². The van der Waals surface area contributed by atoms with Crippen LogP contribution in [0.25, 0.3) is 11.6 Å². The largest absolute Gasteiger partial charge is 0.358 e. The number of fused-ring (bicyclic) bond motifs is 2. The fraction of sp³-hybridized carbons (Fsp3) is 0.316. The van der Waals surface area contributed by atoms with Gasteiger partial charge >= 0.3 is 0 Å². The summed E-state index contributed by atoms with van der Waals surface area (Å²) in [4.78, 5) is 15.9. The lowest BCUT2D eigenvalue weighted by Crippen LogP contribution is -2.03. The van der Waals surface area contributed by atoms with Crippen molar-refractivity contribution in [3.05, 3.63) is 52.3 Å². The Bertz CT molecular complexity index is 783. The third kappa shape index (κ3) is 2.00. The Kier molecular flexibility index (Phi) is 3.14. The summed E-state index contributed by atoms with van der Waals surface area (Å²) < 4.78 is 0. The summed E-state index contributed by atoms with van der Waals surface area (Å²) in [6.45, 7) is 2.20. The highest BCUT2D eigenvalue weighted by molar-refractivity contribution is 6.34. The standard InChI is InChI=1S/C19H20N2O/c1-2-12-13-7-3-5-9-16(13)20-18(12)11-15-14-8-4-6-10-17(14)21-19(15)22/h4,6,8,10-11,20H,2-3,5,7,9H2,1H3,(H,21,22). The number of anilines is 1. The summed E-state index contributed by atoms with van der Waals surface area (Å²) in [5.41, 5.74) is 8.06. The number of nitrogens with one attached hydrogen (secondary N) is 2. The number of aromatic nitrogens is 1. The second-order valence-corrected chi connectivity index (χ2v) is 6.09. The number of aromatic amines is 1. The van der Waals surface area contributed by atoms with Crippen LogP contribution in [0.5, 0.6) is 0 Å². The van der Waals surface area contributed by atoms with E-state index in [2.05, 4.69) is 17.2 Å². The molecule has 0 atom stereocenters. The molecule has 2 N–H and O–H groups in total. The van der Waals surface area contributed by atoms with Crippen LogP contribution in [0.15, 0.2) is 24.3 Å². The topological polar surface area (TPSA) is 44.9 Å². The number of para-hydroxylation sites is 1. The lowest BCUT2D eigenvalue weighted by molar-refractivity contribution is -0.110. The van der Waals surface area contributed by atoms with Crippen LogP contribution in [-0.4, -0.2) is 10.9 Å². The van der Waals surface area contributed by atoms with E-state index in [0.717, 1.165) is 35.4 Å². The van der Waals surface area contributed by atoms with Crippen molar-refractivity contribution in [2.45, 2.75) is 39.0 Å². The number of amides is 1. The first-order chi connectivity index (χ1) is 10.8. The second-order valence-electron chi connectivity index (χ2n) is 6.09. The van der Waals surface area contributed by atoms with Gasteiger partial charge in [-0.3, -0.25) is 4.79 Å². The van der Waals surface area contributed by atoms with Gasteiger partial charge in [-0.1, -0.05) is 25.1 Å². The van der Waals surface area contributed by atoms with Crippen LogP contribution in [0.1, 0.15) is 47.8 Å². The molecule has 2 aromatic rings. The van der Waals surface area contributed by atoms with Gasteiger partial charge in [-0.25, -0.2) is 0 Å². The number of carbonyl (C=O) groups excluding carboxylic acids is 1. The number of hydrogen-bond acceptors (Lipinski definition) is 1. The molecule has 3 heteroatoms. The van der Waals surface area contributed by atoms with Crippen molar-refractivity contribution in [1.29, 1.82) is 0 Å². The first-order valence-corrected chi connectivity index (χ1v) is 8.13. The van der Waals surface area contributed by atoms with Crippen LogP contribution in [0.3, 0.4) is 0 Å². The van der Waals surface area contributed by atoms with Crippen molar-refractivity contribution in [3.63, 3.8) is 0 Å². The molecule has 0 fully saturated rings. The molecule has 0 saturated carbocycles. The molecule has 112 valence electrons. The highest BCUT2D eigenvalue weighted by Crippen LogP contribution is 2.35. The average molecular weight is 292 g/mol. The molecule has 1 amide bonds. The maximum atomic E-state index is 12.3. The number of benzene rings is 1. The molecule has 0 bridgehead atoms. The van der Waals surface area contributed by atoms with Crippen LogP contribution in [0.2, 0.25) is 0 Å². The van der Waals surface area contributed by atoms with Crippen molar-refractivity contribution >= 4 is 23.2 Å². The zero-order valence-corrected chi connectivity index (χ0v) is 12.8. The van der Waals surface area contributed by atoms with Crippen molar-refractivity contribution in [3.8, 4) is 0 Å². The molecule has 1 aromatic carbocycles. The lowest BCUT2D eigenvalue weighted by Gasteiger charge is -2.11. The first kappa shape index (κ1) is 13.4. The zero-order chi connectivity index (χ0) is 15.1. The van der Waals surface area contributed by atoms with Crippen LogP contribution >= 0.6 is 0 Å². The van der Waals surface area contributed by atoms with Gasteiger partial charge < -0.3 is 10.3 Å². The lowest BCUT2D eigenvalue weighted by atomic mass is 9.93. The van der Waals surface area contributed by atoms with Gasteiger partial charge in [-0.15, -0.1) is 0 Å². The summed E-state index contributed by atoms with van der Waals surface area (Å²) in [6.07, 6.45) is 7.88.